The van der Waals surface area contributed by atoms with Gasteiger partial charge in [-0.1, -0.05) is 0 Å². The van der Waals surface area contributed by atoms with Crippen molar-refractivity contribution in [1.29, 1.82) is 0 Å². The molecule has 2 aliphatic rings. The lowest BCUT2D eigenvalue weighted by Crippen LogP contribution is -2.52. The third-order valence-corrected chi connectivity index (χ3v) is 7.55. The number of carbonyl (C=O) groups is 1. The fourth-order valence-electron chi connectivity index (χ4n) is 5.46. The van der Waals surface area contributed by atoms with E-state index >= 15 is 0 Å². The number of β-amino-alcohol motifs (C(OH)–C–C–N with tert-alkyl or cyclic N) is 1. The number of imidazole rings is 1. The minimum atomic E-state index is -0.547. The van der Waals surface area contributed by atoms with Crippen molar-refractivity contribution in [3.8, 4) is 17.3 Å². The number of methoxy groups -OCH3 is 1. The van der Waals surface area contributed by atoms with Crippen LogP contribution in [0.25, 0.3) is 33.6 Å². The number of pyridine rings is 1. The molecule has 4 heterocycles. The maximum Gasteiger partial charge on any atom is 0.254 e. The first-order valence-electron chi connectivity index (χ1n) is 12.6. The molecule has 9 heteroatoms. The van der Waals surface area contributed by atoms with Gasteiger partial charge in [0.2, 0.25) is 0 Å². The van der Waals surface area contributed by atoms with Crippen molar-refractivity contribution in [2.75, 3.05) is 27.2 Å². The SMILES string of the molecule is CNC1C[C@@H](O)CN(C(=O)c2cc(OC)c3c(c2)nc(-c2cc4cccnc4n2CC2CC2)n3C)C1. The number of aliphatic hydroxyl groups excluding tert-OH is 1. The molecule has 1 saturated carbocycles. The molecular formula is C27H32N6O3. The molecule has 1 aromatic carbocycles. The van der Waals surface area contributed by atoms with E-state index in [-0.39, 0.29) is 11.9 Å². The lowest BCUT2D eigenvalue weighted by molar-refractivity contribution is 0.0389. The highest BCUT2D eigenvalue weighted by Gasteiger charge is 2.30. The summed E-state index contributed by atoms with van der Waals surface area (Å²) >= 11 is 0. The van der Waals surface area contributed by atoms with Crippen molar-refractivity contribution in [1.82, 2.24) is 29.3 Å². The summed E-state index contributed by atoms with van der Waals surface area (Å²) in [5, 5.41) is 14.6. The summed E-state index contributed by atoms with van der Waals surface area (Å²) in [6.45, 7) is 1.79. The van der Waals surface area contributed by atoms with Crippen molar-refractivity contribution < 1.29 is 14.6 Å². The maximum absolute atomic E-state index is 13.5. The number of aryl methyl sites for hydroxylation is 1. The quantitative estimate of drug-likeness (QED) is 0.433. The Labute approximate surface area is 209 Å². The lowest BCUT2D eigenvalue weighted by Gasteiger charge is -2.35. The number of aliphatic hydroxyl groups is 1. The van der Waals surface area contributed by atoms with Crippen molar-refractivity contribution in [2.45, 2.75) is 38.0 Å². The molecule has 2 fully saturated rings. The van der Waals surface area contributed by atoms with Crippen molar-refractivity contribution in [3.05, 3.63) is 42.1 Å². The normalized spacial score (nSPS) is 20.4. The maximum atomic E-state index is 13.5. The van der Waals surface area contributed by atoms with Gasteiger partial charge < -0.3 is 29.2 Å². The van der Waals surface area contributed by atoms with E-state index in [0.29, 0.717) is 42.3 Å². The van der Waals surface area contributed by atoms with Crippen LogP contribution in [0.3, 0.4) is 0 Å². The number of aromatic nitrogens is 4. The monoisotopic (exact) mass is 488 g/mol. The van der Waals surface area contributed by atoms with Gasteiger partial charge in [0.05, 0.1) is 24.4 Å². The molecule has 2 N–H and O–H groups in total. The van der Waals surface area contributed by atoms with Gasteiger partial charge in [0.1, 0.15) is 16.9 Å². The van der Waals surface area contributed by atoms with Crippen molar-refractivity contribution in [3.63, 3.8) is 0 Å². The van der Waals surface area contributed by atoms with Crippen LogP contribution in [0.4, 0.5) is 0 Å². The molecule has 1 aliphatic carbocycles. The van der Waals surface area contributed by atoms with Gasteiger partial charge in [0.25, 0.3) is 5.91 Å². The number of benzene rings is 1. The molecule has 1 saturated heterocycles. The number of carbonyl (C=O) groups excluding carboxylic acids is 1. The molecule has 1 aliphatic heterocycles. The number of nitrogens with one attached hydrogen (secondary N) is 1. The van der Waals surface area contributed by atoms with Gasteiger partial charge in [-0.15, -0.1) is 0 Å². The standard InChI is InChI=1S/C27H32N6O3/c1-28-19-12-20(34)15-32(14-19)27(35)18-9-21-24(23(11-18)36-3)31(2)26(30-21)22-10-17-5-4-8-29-25(17)33(22)13-16-6-7-16/h4-5,8-11,16,19-20,28,34H,6-7,12-15H2,1-3H3/t19?,20-/m1/s1. The summed E-state index contributed by atoms with van der Waals surface area (Å²) in [7, 11) is 5.46. The second-order valence-corrected chi connectivity index (χ2v) is 10.1. The van der Waals surface area contributed by atoms with Crippen LogP contribution >= 0.6 is 0 Å². The number of hydrogen-bond donors (Lipinski definition) is 2. The van der Waals surface area contributed by atoms with Gasteiger partial charge in [-0.25, -0.2) is 9.97 Å². The summed E-state index contributed by atoms with van der Waals surface area (Å²) in [6, 6.07) is 9.88. The van der Waals surface area contributed by atoms with E-state index in [2.05, 4.69) is 27.0 Å². The first-order chi connectivity index (χ1) is 17.5. The van der Waals surface area contributed by atoms with Gasteiger partial charge >= 0.3 is 0 Å². The Morgan fingerprint density at radius 1 is 1.25 bits per heavy atom. The van der Waals surface area contributed by atoms with Gasteiger partial charge in [0, 0.05) is 49.9 Å². The number of rotatable bonds is 6. The van der Waals surface area contributed by atoms with E-state index in [1.807, 2.05) is 37.0 Å². The van der Waals surface area contributed by atoms with Crippen LogP contribution in [0, 0.1) is 5.92 Å². The topological polar surface area (TPSA) is 97.4 Å². The Kier molecular flexibility index (Phi) is 5.69. The van der Waals surface area contributed by atoms with Gasteiger partial charge in [0.15, 0.2) is 5.82 Å². The molecule has 9 nitrogen and oxygen atoms in total. The van der Waals surface area contributed by atoms with Gasteiger partial charge in [-0.3, -0.25) is 4.79 Å². The average molecular weight is 489 g/mol. The molecular weight excluding hydrogens is 456 g/mol. The van der Waals surface area contributed by atoms with E-state index in [9.17, 15) is 9.90 Å². The summed E-state index contributed by atoms with van der Waals surface area (Å²) in [6.07, 6.45) is 4.41. The molecule has 188 valence electrons. The largest absolute Gasteiger partial charge is 0.494 e. The minimum absolute atomic E-state index is 0.0618. The summed E-state index contributed by atoms with van der Waals surface area (Å²) in [5.41, 5.74) is 4.03. The van der Waals surface area contributed by atoms with E-state index in [4.69, 9.17) is 9.72 Å². The number of likely N-dealkylation sites (N-methyl/N-ethyl adjacent to an activating group) is 1. The first kappa shape index (κ1) is 23.0. The number of ether oxygens (including phenoxy) is 1. The van der Waals surface area contributed by atoms with E-state index < -0.39 is 6.10 Å². The zero-order chi connectivity index (χ0) is 25.0. The Morgan fingerprint density at radius 3 is 2.83 bits per heavy atom. The molecule has 4 aromatic rings. The molecule has 0 bridgehead atoms. The molecule has 0 spiro atoms. The highest BCUT2D eigenvalue weighted by Crippen LogP contribution is 2.37. The van der Waals surface area contributed by atoms with Crippen LogP contribution in [0.5, 0.6) is 5.75 Å². The van der Waals surface area contributed by atoms with Gasteiger partial charge in [-0.2, -0.15) is 0 Å². The smallest absolute Gasteiger partial charge is 0.254 e. The third-order valence-electron chi connectivity index (χ3n) is 7.55. The number of nitrogens with zero attached hydrogens (tertiary/aromatic N) is 5. The highest BCUT2D eigenvalue weighted by molar-refractivity contribution is 6.00. The zero-order valence-electron chi connectivity index (χ0n) is 20.9. The molecule has 1 amide bonds. The van der Waals surface area contributed by atoms with E-state index in [1.165, 1.54) is 12.8 Å². The molecule has 2 atom stereocenters. The molecule has 0 radical (unpaired) electrons. The van der Waals surface area contributed by atoms with Gasteiger partial charge in [-0.05, 0) is 62.6 Å². The molecule has 6 rings (SSSR count). The highest BCUT2D eigenvalue weighted by atomic mass is 16.5. The van der Waals surface area contributed by atoms with Crippen LogP contribution in [-0.4, -0.2) is 74.4 Å². The molecule has 3 aromatic heterocycles. The summed E-state index contributed by atoms with van der Waals surface area (Å²) < 4.78 is 10.1. The number of fused-ring (bicyclic) bond motifs is 2. The fraction of sp³-hybridized carbons (Fsp3) is 0.444. The predicted molar refractivity (Wildman–Crippen MR) is 138 cm³/mol. The number of hydrogen-bond acceptors (Lipinski definition) is 6. The third kappa shape index (κ3) is 3.92. The zero-order valence-corrected chi connectivity index (χ0v) is 20.9. The Bertz CT molecular complexity index is 1450. The second-order valence-electron chi connectivity index (χ2n) is 10.1. The molecule has 1 unspecified atom stereocenters. The predicted octanol–water partition coefficient (Wildman–Crippen LogP) is 2.80. The Hall–Kier alpha value is -3.43. The Balaban J connectivity index is 1.44. The van der Waals surface area contributed by atoms with Crippen LogP contribution < -0.4 is 10.1 Å². The summed E-state index contributed by atoms with van der Waals surface area (Å²) in [4.78, 5) is 24.8. The Morgan fingerprint density at radius 2 is 2.08 bits per heavy atom. The lowest BCUT2D eigenvalue weighted by atomic mass is 10.0. The van der Waals surface area contributed by atoms with Crippen molar-refractivity contribution >= 4 is 28.0 Å². The second kappa shape index (κ2) is 8.90. The molecule has 36 heavy (non-hydrogen) atoms. The minimum Gasteiger partial charge on any atom is -0.494 e. The van der Waals surface area contributed by atoms with E-state index in [1.54, 1.807) is 18.1 Å². The van der Waals surface area contributed by atoms with E-state index in [0.717, 1.165) is 34.6 Å². The van der Waals surface area contributed by atoms with Crippen LogP contribution in [0.15, 0.2) is 36.5 Å². The van der Waals surface area contributed by atoms with Crippen molar-refractivity contribution in [2.24, 2.45) is 13.0 Å². The van der Waals surface area contributed by atoms with Crippen LogP contribution in [0.2, 0.25) is 0 Å². The average Bonchev–Trinajstić information content (AvgIpc) is 3.56. The number of piperidine rings is 1. The first-order valence-corrected chi connectivity index (χ1v) is 12.6. The summed E-state index contributed by atoms with van der Waals surface area (Å²) in [5.74, 6) is 1.96. The number of amides is 1. The number of likely N-dealkylation sites (tertiary alicyclic amines) is 1. The van der Waals surface area contributed by atoms with Crippen LogP contribution in [-0.2, 0) is 13.6 Å². The van der Waals surface area contributed by atoms with Crippen LogP contribution in [0.1, 0.15) is 29.6 Å². The fourth-order valence-corrected chi connectivity index (χ4v) is 5.46.